The largest absolute Gasteiger partial charge is 0.260 e. The number of aryl methyl sites for hydroxylation is 1. The third kappa shape index (κ3) is 3.24. The molecular formula is C15H11N5. The molecule has 1 aromatic heterocycles. The molecule has 5 nitrogen and oxygen atoms in total. The fourth-order valence-corrected chi connectivity index (χ4v) is 1.57. The summed E-state index contributed by atoms with van der Waals surface area (Å²) in [5, 5.41) is 17.2. The maximum atomic E-state index is 8.60. The van der Waals surface area contributed by atoms with Gasteiger partial charge >= 0.3 is 0 Å². The van der Waals surface area contributed by atoms with Crippen molar-refractivity contribution in [1.29, 1.82) is 10.5 Å². The molecule has 0 saturated heterocycles. The zero-order valence-electron chi connectivity index (χ0n) is 10.9. The Morgan fingerprint density at radius 2 is 1.70 bits per heavy atom. The van der Waals surface area contributed by atoms with Gasteiger partial charge in [0.2, 0.25) is 5.71 Å². The minimum Gasteiger partial charge on any atom is -0.260 e. The van der Waals surface area contributed by atoms with Crippen LogP contribution in [0.25, 0.3) is 11.4 Å². The van der Waals surface area contributed by atoms with Gasteiger partial charge in [0, 0.05) is 18.0 Å². The molecule has 96 valence electrons. The van der Waals surface area contributed by atoms with Crippen LogP contribution < -0.4 is 0 Å². The predicted octanol–water partition coefficient (Wildman–Crippen LogP) is 2.44. The van der Waals surface area contributed by atoms with E-state index < -0.39 is 0 Å². The molecule has 2 aromatic rings. The lowest BCUT2D eigenvalue weighted by Gasteiger charge is -2.01. The molecule has 20 heavy (non-hydrogen) atoms. The van der Waals surface area contributed by atoms with Gasteiger partial charge in [-0.15, -0.1) is 0 Å². The molecule has 0 aliphatic carbocycles. The molecule has 2 rings (SSSR count). The molecule has 0 unspecified atom stereocenters. The van der Waals surface area contributed by atoms with Crippen LogP contribution in [0, 0.1) is 29.6 Å². The SMILES string of the molecule is Cc1cnc(-c2ccc(CN=C(C#N)C#N)cc2)nc1. The third-order valence-corrected chi connectivity index (χ3v) is 2.62. The fourth-order valence-electron chi connectivity index (χ4n) is 1.57. The van der Waals surface area contributed by atoms with Crippen LogP contribution in [0.5, 0.6) is 0 Å². The number of rotatable bonds is 3. The van der Waals surface area contributed by atoms with E-state index in [1.165, 1.54) is 0 Å². The van der Waals surface area contributed by atoms with Crippen LogP contribution in [0.1, 0.15) is 11.1 Å². The van der Waals surface area contributed by atoms with E-state index in [-0.39, 0.29) is 5.71 Å². The van der Waals surface area contributed by atoms with Crippen molar-refractivity contribution in [1.82, 2.24) is 9.97 Å². The number of nitrogens with zero attached hydrogens (tertiary/aromatic N) is 5. The molecule has 0 spiro atoms. The van der Waals surface area contributed by atoms with Crippen LogP contribution in [0.4, 0.5) is 0 Å². The Balaban J connectivity index is 2.15. The van der Waals surface area contributed by atoms with E-state index in [1.807, 2.05) is 31.2 Å². The van der Waals surface area contributed by atoms with Gasteiger partial charge in [0.05, 0.1) is 6.54 Å². The molecule has 0 aliphatic rings. The van der Waals surface area contributed by atoms with Crippen molar-refractivity contribution in [3.05, 3.63) is 47.8 Å². The van der Waals surface area contributed by atoms with Crippen molar-refractivity contribution in [2.75, 3.05) is 0 Å². The second kappa shape index (κ2) is 6.21. The first kappa shape index (κ1) is 13.4. The Kier molecular flexibility index (Phi) is 4.16. The van der Waals surface area contributed by atoms with E-state index in [0.717, 1.165) is 16.7 Å². The quantitative estimate of drug-likeness (QED) is 0.794. The standard InChI is InChI=1S/C15H11N5/c1-11-8-19-15(20-9-11)13-4-2-12(3-5-13)10-18-14(6-16)7-17/h2-5,8-9H,10H2,1H3. The van der Waals surface area contributed by atoms with Crippen LogP contribution in [0.3, 0.4) is 0 Å². The normalized spacial score (nSPS) is 9.35. The molecule has 0 atom stereocenters. The van der Waals surface area contributed by atoms with E-state index in [2.05, 4.69) is 15.0 Å². The van der Waals surface area contributed by atoms with E-state index in [4.69, 9.17) is 10.5 Å². The van der Waals surface area contributed by atoms with Crippen LogP contribution in [0.2, 0.25) is 0 Å². The minimum atomic E-state index is -0.115. The first-order valence-electron chi connectivity index (χ1n) is 5.95. The highest BCUT2D eigenvalue weighted by atomic mass is 14.9. The molecule has 0 N–H and O–H groups in total. The number of nitriles is 2. The van der Waals surface area contributed by atoms with Crippen LogP contribution in [-0.4, -0.2) is 15.7 Å². The van der Waals surface area contributed by atoms with Crippen LogP contribution in [-0.2, 0) is 6.54 Å². The third-order valence-electron chi connectivity index (χ3n) is 2.62. The summed E-state index contributed by atoms with van der Waals surface area (Å²) in [6, 6.07) is 11.0. The Morgan fingerprint density at radius 3 is 2.25 bits per heavy atom. The summed E-state index contributed by atoms with van der Waals surface area (Å²) in [5.41, 5.74) is 2.73. The van der Waals surface area contributed by atoms with Crippen molar-refractivity contribution in [3.8, 4) is 23.5 Å². The van der Waals surface area contributed by atoms with Crippen LogP contribution in [0.15, 0.2) is 41.7 Å². The molecule has 5 heteroatoms. The molecule has 0 bridgehead atoms. The van der Waals surface area contributed by atoms with Crippen LogP contribution >= 0.6 is 0 Å². The first-order valence-corrected chi connectivity index (χ1v) is 5.95. The average Bonchev–Trinajstić information content (AvgIpc) is 2.50. The van der Waals surface area contributed by atoms with E-state index in [0.29, 0.717) is 12.4 Å². The van der Waals surface area contributed by atoms with E-state index in [1.54, 1.807) is 24.5 Å². The number of hydrogen-bond donors (Lipinski definition) is 0. The summed E-state index contributed by atoms with van der Waals surface area (Å²) in [5.74, 6) is 0.667. The van der Waals surface area contributed by atoms with Gasteiger partial charge in [0.15, 0.2) is 5.82 Å². The number of hydrogen-bond acceptors (Lipinski definition) is 5. The van der Waals surface area contributed by atoms with Gasteiger partial charge < -0.3 is 0 Å². The lowest BCUT2D eigenvalue weighted by Crippen LogP contribution is -1.92. The van der Waals surface area contributed by atoms with Crippen molar-refractivity contribution >= 4 is 5.71 Å². The summed E-state index contributed by atoms with van der Waals surface area (Å²) in [6.07, 6.45) is 3.54. The van der Waals surface area contributed by atoms with Crippen molar-refractivity contribution in [2.45, 2.75) is 13.5 Å². The molecule has 0 aliphatic heterocycles. The predicted molar refractivity (Wildman–Crippen MR) is 74.6 cm³/mol. The lowest BCUT2D eigenvalue weighted by atomic mass is 10.1. The van der Waals surface area contributed by atoms with Crippen molar-refractivity contribution < 1.29 is 0 Å². The smallest absolute Gasteiger partial charge is 0.213 e. The molecular weight excluding hydrogens is 250 g/mol. The summed E-state index contributed by atoms with van der Waals surface area (Å²) >= 11 is 0. The second-order valence-electron chi connectivity index (χ2n) is 4.17. The van der Waals surface area contributed by atoms with Gasteiger partial charge in [-0.25, -0.2) is 9.97 Å². The molecule has 1 heterocycles. The Bertz CT molecular complexity index is 684. The second-order valence-corrected chi connectivity index (χ2v) is 4.17. The average molecular weight is 261 g/mol. The monoisotopic (exact) mass is 261 g/mol. The fraction of sp³-hybridized carbons (Fsp3) is 0.133. The number of aliphatic imine (C=N–C) groups is 1. The molecule has 0 radical (unpaired) electrons. The Hall–Kier alpha value is -3.05. The Labute approximate surface area is 116 Å². The molecule has 0 amide bonds. The zero-order valence-corrected chi connectivity index (χ0v) is 10.9. The summed E-state index contributed by atoms with van der Waals surface area (Å²) in [6.45, 7) is 2.25. The summed E-state index contributed by atoms with van der Waals surface area (Å²) < 4.78 is 0. The van der Waals surface area contributed by atoms with Gasteiger partial charge in [-0.2, -0.15) is 10.5 Å². The van der Waals surface area contributed by atoms with E-state index in [9.17, 15) is 0 Å². The van der Waals surface area contributed by atoms with Gasteiger partial charge in [0.25, 0.3) is 0 Å². The highest BCUT2D eigenvalue weighted by molar-refractivity contribution is 6.10. The number of benzene rings is 1. The number of aromatic nitrogens is 2. The van der Waals surface area contributed by atoms with Crippen molar-refractivity contribution in [3.63, 3.8) is 0 Å². The molecule has 0 saturated carbocycles. The molecule has 1 aromatic carbocycles. The minimum absolute atomic E-state index is 0.115. The lowest BCUT2D eigenvalue weighted by molar-refractivity contribution is 1.07. The van der Waals surface area contributed by atoms with Gasteiger partial charge in [-0.05, 0) is 18.1 Å². The molecule has 0 fully saturated rings. The summed E-state index contributed by atoms with van der Waals surface area (Å²) in [7, 11) is 0. The Morgan fingerprint density at radius 1 is 1.10 bits per heavy atom. The van der Waals surface area contributed by atoms with Crippen molar-refractivity contribution in [2.24, 2.45) is 4.99 Å². The first-order chi connectivity index (χ1) is 9.72. The van der Waals surface area contributed by atoms with E-state index >= 15 is 0 Å². The highest BCUT2D eigenvalue weighted by Gasteiger charge is 2.01. The van der Waals surface area contributed by atoms with Gasteiger partial charge in [-0.1, -0.05) is 24.3 Å². The maximum absolute atomic E-state index is 8.60. The van der Waals surface area contributed by atoms with Gasteiger partial charge in [0.1, 0.15) is 12.1 Å². The highest BCUT2D eigenvalue weighted by Crippen LogP contribution is 2.15. The zero-order chi connectivity index (χ0) is 14.4. The maximum Gasteiger partial charge on any atom is 0.213 e. The topological polar surface area (TPSA) is 85.7 Å². The van der Waals surface area contributed by atoms with Gasteiger partial charge in [-0.3, -0.25) is 4.99 Å². The summed E-state index contributed by atoms with van der Waals surface area (Å²) in [4.78, 5) is 12.4.